The Bertz CT molecular complexity index is 257. The summed E-state index contributed by atoms with van der Waals surface area (Å²) in [6.45, 7) is 1.89. The summed E-state index contributed by atoms with van der Waals surface area (Å²) in [6.07, 6.45) is 2.69. The van der Waals surface area contributed by atoms with Crippen LogP contribution < -0.4 is 0 Å². The van der Waals surface area contributed by atoms with Crippen LogP contribution in [0.25, 0.3) is 0 Å². The van der Waals surface area contributed by atoms with E-state index in [0.717, 1.165) is 29.8 Å². The van der Waals surface area contributed by atoms with E-state index in [4.69, 9.17) is 4.74 Å². The first-order valence-electron chi connectivity index (χ1n) is 4.81. The van der Waals surface area contributed by atoms with E-state index in [-0.39, 0.29) is 6.09 Å². The molecule has 0 aromatic heterocycles. The topological polar surface area (TPSA) is 29.5 Å². The molecule has 0 unspecified atom stereocenters. The highest BCUT2D eigenvalue weighted by atomic mass is 16.6. The van der Waals surface area contributed by atoms with Crippen LogP contribution in [0.3, 0.4) is 0 Å². The Morgan fingerprint density at radius 2 is 2.14 bits per heavy atom. The van der Waals surface area contributed by atoms with Crippen LogP contribution in [0.5, 0.6) is 0 Å². The van der Waals surface area contributed by atoms with E-state index in [2.05, 4.69) is 14.1 Å². The molecular weight excluding hydrogens is 180 g/mol. The first-order chi connectivity index (χ1) is 6.41. The summed E-state index contributed by atoms with van der Waals surface area (Å²) in [5.74, 6) is 0.792. The number of rotatable bonds is 1. The minimum atomic E-state index is -0.293. The molecule has 0 aromatic carbocycles. The molecule has 0 radical (unpaired) electrons. The Morgan fingerprint density at radius 3 is 2.64 bits per heavy atom. The number of likely N-dealkylation sites (N-methyl/N-ethyl adjacent to an activating group) is 1. The van der Waals surface area contributed by atoms with Gasteiger partial charge in [-0.15, -0.1) is 0 Å². The predicted octanol–water partition coefficient (Wildman–Crippen LogP) is 1.05. The minimum absolute atomic E-state index is 0.293. The molecule has 1 aliphatic heterocycles. The molecule has 0 saturated carbocycles. The van der Waals surface area contributed by atoms with Gasteiger partial charge in [0.1, 0.15) is 6.54 Å². The molecule has 4 heteroatoms. The summed E-state index contributed by atoms with van der Waals surface area (Å²) in [4.78, 5) is 12.7. The van der Waals surface area contributed by atoms with Crippen molar-refractivity contribution in [2.75, 3.05) is 41.3 Å². The highest BCUT2D eigenvalue weighted by Gasteiger charge is 2.24. The smallest absolute Gasteiger partial charge is 0.409 e. The van der Waals surface area contributed by atoms with Gasteiger partial charge in [0.2, 0.25) is 0 Å². The van der Waals surface area contributed by atoms with Crippen LogP contribution in [-0.2, 0) is 4.74 Å². The lowest BCUT2D eigenvalue weighted by molar-refractivity contribution is -0.888. The maximum absolute atomic E-state index is 11.3. The van der Waals surface area contributed by atoms with Gasteiger partial charge in [-0.05, 0) is 6.08 Å². The lowest BCUT2D eigenvalue weighted by Crippen LogP contribution is -2.44. The third-order valence-electron chi connectivity index (χ3n) is 2.27. The Kier molecular flexibility index (Phi) is 3.16. The maximum atomic E-state index is 11.3. The number of amides is 1. The summed E-state index contributed by atoms with van der Waals surface area (Å²) in [5.41, 5.74) is 0. The average molecular weight is 199 g/mol. The molecule has 0 spiro atoms. The van der Waals surface area contributed by atoms with Gasteiger partial charge in [-0.25, -0.2) is 4.79 Å². The normalized spacial score (nSPS) is 19.9. The van der Waals surface area contributed by atoms with Crippen molar-refractivity contribution >= 4 is 6.09 Å². The zero-order valence-electron chi connectivity index (χ0n) is 9.41. The van der Waals surface area contributed by atoms with E-state index in [0.29, 0.717) is 0 Å². The average Bonchev–Trinajstić information content (AvgIpc) is 2.01. The summed E-state index contributed by atoms with van der Waals surface area (Å²) >= 11 is 0. The van der Waals surface area contributed by atoms with E-state index >= 15 is 0 Å². The predicted molar refractivity (Wildman–Crippen MR) is 54.7 cm³/mol. The van der Waals surface area contributed by atoms with Crippen LogP contribution >= 0.6 is 0 Å². The molecule has 0 fully saturated rings. The number of hydrogen-bond acceptors (Lipinski definition) is 2. The van der Waals surface area contributed by atoms with Crippen LogP contribution in [0.4, 0.5) is 4.79 Å². The molecule has 0 saturated heterocycles. The van der Waals surface area contributed by atoms with E-state index in [1.165, 1.54) is 4.90 Å². The number of quaternary nitrogens is 1. The van der Waals surface area contributed by atoms with Gasteiger partial charge in [-0.2, -0.15) is 0 Å². The Morgan fingerprint density at radius 1 is 1.50 bits per heavy atom. The van der Waals surface area contributed by atoms with Gasteiger partial charge in [0, 0.05) is 20.5 Å². The second kappa shape index (κ2) is 4.00. The van der Waals surface area contributed by atoms with Crippen LogP contribution in [0.15, 0.2) is 11.8 Å². The van der Waals surface area contributed by atoms with Crippen molar-refractivity contribution in [1.29, 1.82) is 0 Å². The highest BCUT2D eigenvalue weighted by Crippen LogP contribution is 2.15. The molecule has 0 N–H and O–H groups in total. The van der Waals surface area contributed by atoms with E-state index in [1.807, 2.05) is 6.08 Å². The largest absolute Gasteiger partial charge is 0.414 e. The Labute approximate surface area is 85.3 Å². The zero-order valence-corrected chi connectivity index (χ0v) is 9.41. The van der Waals surface area contributed by atoms with Gasteiger partial charge in [0.05, 0.1) is 20.6 Å². The molecular formula is C10H19N2O2+. The third kappa shape index (κ3) is 3.03. The fourth-order valence-electron chi connectivity index (χ4n) is 1.42. The standard InChI is InChI=1S/C10H19N2O2/c1-11(2)10(13)14-9-6-5-7-12(3,4)8-9/h6H,5,7-8H2,1-4H3/q+1. The van der Waals surface area contributed by atoms with Crippen LogP contribution in [-0.4, -0.2) is 56.8 Å². The second-order valence-electron chi connectivity index (χ2n) is 4.54. The Balaban J connectivity index is 2.54. The summed E-state index contributed by atoms with van der Waals surface area (Å²) in [5, 5.41) is 0. The lowest BCUT2D eigenvalue weighted by atomic mass is 10.2. The van der Waals surface area contributed by atoms with Crippen LogP contribution in [0, 0.1) is 0 Å². The SMILES string of the molecule is CN(C)C(=O)OC1=CCC[N+](C)(C)C1. The first-order valence-corrected chi connectivity index (χ1v) is 4.81. The molecule has 1 aliphatic rings. The summed E-state index contributed by atoms with van der Waals surface area (Å²) in [6, 6.07) is 0. The Hall–Kier alpha value is -1.03. The van der Waals surface area contributed by atoms with Crippen molar-refractivity contribution in [1.82, 2.24) is 4.90 Å². The van der Waals surface area contributed by atoms with Crippen molar-refractivity contribution in [3.63, 3.8) is 0 Å². The van der Waals surface area contributed by atoms with Crippen molar-refractivity contribution in [2.45, 2.75) is 6.42 Å². The van der Waals surface area contributed by atoms with Gasteiger partial charge in [0.15, 0.2) is 5.76 Å². The zero-order chi connectivity index (χ0) is 10.8. The van der Waals surface area contributed by atoms with Gasteiger partial charge < -0.3 is 14.1 Å². The molecule has 0 aliphatic carbocycles. The fraction of sp³-hybridized carbons (Fsp3) is 0.700. The third-order valence-corrected chi connectivity index (χ3v) is 2.27. The monoisotopic (exact) mass is 199 g/mol. The highest BCUT2D eigenvalue weighted by molar-refractivity contribution is 5.68. The number of hydrogen-bond donors (Lipinski definition) is 0. The van der Waals surface area contributed by atoms with Crippen molar-refractivity contribution in [2.24, 2.45) is 0 Å². The summed E-state index contributed by atoms with van der Waals surface area (Å²) in [7, 11) is 7.64. The molecule has 1 amide bonds. The summed E-state index contributed by atoms with van der Waals surface area (Å²) < 4.78 is 6.10. The second-order valence-corrected chi connectivity index (χ2v) is 4.54. The lowest BCUT2D eigenvalue weighted by Gasteiger charge is -2.33. The van der Waals surface area contributed by atoms with E-state index < -0.39 is 0 Å². The van der Waals surface area contributed by atoms with Gasteiger partial charge in [-0.3, -0.25) is 0 Å². The quantitative estimate of drug-likeness (QED) is 0.591. The van der Waals surface area contributed by atoms with Gasteiger partial charge >= 0.3 is 6.09 Å². The fourth-order valence-corrected chi connectivity index (χ4v) is 1.42. The van der Waals surface area contributed by atoms with Crippen molar-refractivity contribution < 1.29 is 14.0 Å². The van der Waals surface area contributed by atoms with Crippen molar-refractivity contribution in [3.05, 3.63) is 11.8 Å². The minimum Gasteiger partial charge on any atom is -0.409 e. The first kappa shape index (κ1) is 11.0. The van der Waals surface area contributed by atoms with Gasteiger partial charge in [0.25, 0.3) is 0 Å². The van der Waals surface area contributed by atoms with Crippen molar-refractivity contribution in [3.8, 4) is 0 Å². The molecule has 1 heterocycles. The van der Waals surface area contributed by atoms with Gasteiger partial charge in [-0.1, -0.05) is 0 Å². The molecule has 0 bridgehead atoms. The van der Waals surface area contributed by atoms with Crippen LogP contribution in [0.2, 0.25) is 0 Å². The molecule has 4 nitrogen and oxygen atoms in total. The molecule has 0 atom stereocenters. The number of carbonyl (C=O) groups excluding carboxylic acids is 1. The number of nitrogens with zero attached hydrogens (tertiary/aromatic N) is 2. The van der Waals surface area contributed by atoms with E-state index in [9.17, 15) is 4.79 Å². The van der Waals surface area contributed by atoms with Crippen LogP contribution in [0.1, 0.15) is 6.42 Å². The molecule has 0 aromatic rings. The number of ether oxygens (including phenoxy) is 1. The molecule has 1 rings (SSSR count). The maximum Gasteiger partial charge on any atom is 0.414 e. The van der Waals surface area contributed by atoms with E-state index in [1.54, 1.807) is 14.1 Å². The number of carbonyl (C=O) groups is 1. The molecule has 14 heavy (non-hydrogen) atoms. The molecule has 80 valence electrons.